The van der Waals surface area contributed by atoms with Gasteiger partial charge in [0.2, 0.25) is 0 Å². The minimum absolute atomic E-state index is 0.0663. The molecule has 2 aliphatic rings. The number of alkyl halides is 8. The van der Waals surface area contributed by atoms with E-state index >= 15 is 13.2 Å². The maximum Gasteiger partial charge on any atom is 0.405 e. The van der Waals surface area contributed by atoms with Gasteiger partial charge in [0.25, 0.3) is 0 Å². The fraction of sp³-hybridized carbons (Fsp3) is 0.333. The molecule has 3 nitrogen and oxygen atoms in total. The van der Waals surface area contributed by atoms with Crippen LogP contribution in [0.2, 0.25) is 10.0 Å². The van der Waals surface area contributed by atoms with Crippen molar-refractivity contribution < 1.29 is 39.5 Å². The lowest BCUT2D eigenvalue weighted by atomic mass is 9.95. The van der Waals surface area contributed by atoms with Crippen LogP contribution in [0.5, 0.6) is 0 Å². The summed E-state index contributed by atoms with van der Waals surface area (Å²) in [6, 6.07) is 2.06. The zero-order chi connectivity index (χ0) is 30.7. The maximum atomic E-state index is 15.6. The van der Waals surface area contributed by atoms with E-state index in [1.165, 1.54) is 6.07 Å². The number of rotatable bonds is 8. The van der Waals surface area contributed by atoms with E-state index in [9.17, 15) is 26.3 Å². The first kappa shape index (κ1) is 31.1. The van der Waals surface area contributed by atoms with Crippen LogP contribution in [-0.2, 0) is 6.05 Å². The third-order valence-electron chi connectivity index (χ3n) is 6.90. The number of nitrogens with one attached hydrogen (secondary N) is 1. The normalized spacial score (nSPS) is 18.8. The topological polar surface area (TPSA) is 18.5 Å². The minimum atomic E-state index is -4.97. The number of allylic oxidation sites excluding steroid dienone is 1. The predicted molar refractivity (Wildman–Crippen MR) is 138 cm³/mol. The molecule has 0 amide bonds. The lowest BCUT2D eigenvalue weighted by molar-refractivity contribution is -0.149. The van der Waals surface area contributed by atoms with Gasteiger partial charge in [-0.05, 0) is 48.7 Å². The Labute approximate surface area is 239 Å². The summed E-state index contributed by atoms with van der Waals surface area (Å²) in [5.74, 6) is -3.92. The smallest absolute Gasteiger partial charge is 0.368 e. The van der Waals surface area contributed by atoms with Gasteiger partial charge in [-0.3, -0.25) is 0 Å². The van der Waals surface area contributed by atoms with E-state index in [0.717, 1.165) is 36.2 Å². The molecule has 1 aliphatic heterocycles. The third-order valence-corrected chi connectivity index (χ3v) is 7.33. The van der Waals surface area contributed by atoms with Crippen LogP contribution < -0.4 is 5.43 Å². The molecule has 222 valence electrons. The molecule has 0 saturated heterocycles. The van der Waals surface area contributed by atoms with Crippen LogP contribution in [0, 0.1) is 0 Å². The van der Waals surface area contributed by atoms with Crippen molar-refractivity contribution in [1.82, 2.24) is 15.3 Å². The van der Waals surface area contributed by atoms with Gasteiger partial charge < -0.3 is 4.90 Å². The number of nitrogens with zero attached hydrogens (tertiary/aromatic N) is 2. The van der Waals surface area contributed by atoms with Gasteiger partial charge >= 0.3 is 18.4 Å². The zero-order valence-electron chi connectivity index (χ0n) is 21.2. The molecule has 0 aromatic heterocycles. The standard InChI is InChI=1S/C27H22Cl2F9N3/c1-14-20-5-4-16(23(30)12-21(26(34,35)36)17-8-18(28)11-19(29)9-17)10-22(20)27(37,38)41(14)39-24(6-7-24)15(2)40(3)13-25(31,32)33/h4-5,8-12,21,39H,1-2,6-7,13H2,3H3/b23-12-. The van der Waals surface area contributed by atoms with Gasteiger partial charge in [0.1, 0.15) is 18.3 Å². The molecular formula is C27H22Cl2F9N3. The summed E-state index contributed by atoms with van der Waals surface area (Å²) in [4.78, 5) is 0.812. The Hall–Kier alpha value is -2.83. The number of fused-ring (bicyclic) bond motifs is 1. The largest absolute Gasteiger partial charge is 0.405 e. The number of likely N-dealkylation sites (N-methyl/N-ethyl adjacent to an activating group) is 1. The highest BCUT2D eigenvalue weighted by Gasteiger charge is 2.56. The van der Waals surface area contributed by atoms with Crippen molar-refractivity contribution in [2.45, 2.75) is 42.7 Å². The predicted octanol–water partition coefficient (Wildman–Crippen LogP) is 9.03. The second-order valence-electron chi connectivity index (χ2n) is 9.93. The first-order valence-electron chi connectivity index (χ1n) is 11.9. The first-order chi connectivity index (χ1) is 18.7. The molecule has 1 N–H and O–H groups in total. The van der Waals surface area contributed by atoms with E-state index in [4.69, 9.17) is 23.2 Å². The van der Waals surface area contributed by atoms with Crippen molar-refractivity contribution in [2.24, 2.45) is 0 Å². The summed E-state index contributed by atoms with van der Waals surface area (Å²) in [6.45, 7) is 5.95. The van der Waals surface area contributed by atoms with Crippen LogP contribution in [0.25, 0.3) is 11.5 Å². The average molecular weight is 630 g/mol. The van der Waals surface area contributed by atoms with Crippen molar-refractivity contribution in [3.05, 3.63) is 93.6 Å². The van der Waals surface area contributed by atoms with E-state index in [0.29, 0.717) is 11.1 Å². The van der Waals surface area contributed by atoms with Crippen molar-refractivity contribution in [2.75, 3.05) is 13.6 Å². The summed E-state index contributed by atoms with van der Waals surface area (Å²) >= 11 is 11.6. The summed E-state index contributed by atoms with van der Waals surface area (Å²) in [6.07, 6.45) is -8.87. The number of hydrazine groups is 1. The van der Waals surface area contributed by atoms with E-state index in [1.807, 2.05) is 0 Å². The molecule has 41 heavy (non-hydrogen) atoms. The highest BCUT2D eigenvalue weighted by Crippen LogP contribution is 2.51. The number of benzene rings is 2. The molecule has 4 rings (SSSR count). The second-order valence-corrected chi connectivity index (χ2v) is 10.8. The van der Waals surface area contributed by atoms with Crippen LogP contribution in [-0.4, -0.2) is 41.4 Å². The lowest BCUT2D eigenvalue weighted by Crippen LogP contribution is -2.52. The molecule has 0 spiro atoms. The Bertz CT molecular complexity index is 1390. The molecule has 2 aromatic rings. The summed E-state index contributed by atoms with van der Waals surface area (Å²) in [5.41, 5.74) is -0.983. The number of hydrogen-bond donors (Lipinski definition) is 1. The van der Waals surface area contributed by atoms with Gasteiger partial charge in [-0.1, -0.05) is 48.5 Å². The van der Waals surface area contributed by atoms with Gasteiger partial charge in [0, 0.05) is 33.9 Å². The Balaban J connectivity index is 1.63. The molecule has 0 bridgehead atoms. The summed E-state index contributed by atoms with van der Waals surface area (Å²) in [5, 5.41) is 0.147. The van der Waals surface area contributed by atoms with Crippen LogP contribution in [0.4, 0.5) is 39.5 Å². The minimum Gasteiger partial charge on any atom is -0.368 e. The summed E-state index contributed by atoms with van der Waals surface area (Å²) in [7, 11) is 1.14. The van der Waals surface area contributed by atoms with Crippen molar-refractivity contribution in [1.29, 1.82) is 0 Å². The quantitative estimate of drug-likeness (QED) is 0.232. The van der Waals surface area contributed by atoms with Gasteiger partial charge in [-0.2, -0.15) is 35.1 Å². The Morgan fingerprint density at radius 2 is 1.66 bits per heavy atom. The van der Waals surface area contributed by atoms with Crippen molar-refractivity contribution in [3.8, 4) is 0 Å². The zero-order valence-corrected chi connectivity index (χ0v) is 22.7. The van der Waals surface area contributed by atoms with Crippen LogP contribution in [0.1, 0.15) is 41.0 Å². The molecule has 1 unspecified atom stereocenters. The Kier molecular flexibility index (Phi) is 7.94. The molecule has 14 heteroatoms. The van der Waals surface area contributed by atoms with E-state index in [-0.39, 0.29) is 45.9 Å². The van der Waals surface area contributed by atoms with E-state index < -0.39 is 58.9 Å². The highest BCUT2D eigenvalue weighted by molar-refractivity contribution is 6.34. The second kappa shape index (κ2) is 10.5. The monoisotopic (exact) mass is 629 g/mol. The first-order valence-corrected chi connectivity index (χ1v) is 12.7. The highest BCUT2D eigenvalue weighted by atomic mass is 35.5. The molecule has 1 aliphatic carbocycles. The average Bonchev–Trinajstić information content (AvgIpc) is 3.59. The molecule has 2 aromatic carbocycles. The van der Waals surface area contributed by atoms with E-state index in [2.05, 4.69) is 18.6 Å². The molecule has 1 fully saturated rings. The molecule has 1 atom stereocenters. The number of hydrogen-bond acceptors (Lipinski definition) is 3. The van der Waals surface area contributed by atoms with Gasteiger partial charge in [-0.15, -0.1) is 0 Å². The molecule has 0 radical (unpaired) electrons. The third kappa shape index (κ3) is 6.34. The summed E-state index contributed by atoms with van der Waals surface area (Å²) < 4.78 is 127. The van der Waals surface area contributed by atoms with Gasteiger partial charge in [-0.25, -0.2) is 14.8 Å². The van der Waals surface area contributed by atoms with Crippen molar-refractivity contribution >= 4 is 34.7 Å². The van der Waals surface area contributed by atoms with Crippen LogP contribution >= 0.6 is 23.2 Å². The fourth-order valence-corrected chi connectivity index (χ4v) is 5.19. The van der Waals surface area contributed by atoms with Gasteiger partial charge in [0.15, 0.2) is 0 Å². The van der Waals surface area contributed by atoms with E-state index in [1.54, 1.807) is 0 Å². The Morgan fingerprint density at radius 1 is 1.07 bits per heavy atom. The lowest BCUT2D eigenvalue weighted by Gasteiger charge is -2.36. The Morgan fingerprint density at radius 3 is 2.17 bits per heavy atom. The van der Waals surface area contributed by atoms with Gasteiger partial charge in [0.05, 0.1) is 16.8 Å². The maximum absolute atomic E-state index is 15.6. The SMILES string of the molecule is C=C1c2ccc(/C(F)=C/C(c3cc(Cl)cc(Cl)c3)C(F)(F)F)cc2C(F)(F)N1NC1(C(=C)N(C)CC(F)(F)F)CC1. The fourth-order valence-electron chi connectivity index (χ4n) is 4.65. The molecule has 1 heterocycles. The van der Waals surface area contributed by atoms with Crippen LogP contribution in [0.3, 0.4) is 0 Å². The molecule has 1 saturated carbocycles. The molecular weight excluding hydrogens is 608 g/mol. The van der Waals surface area contributed by atoms with Crippen LogP contribution in [0.15, 0.2) is 61.3 Å². The number of halogens is 11. The van der Waals surface area contributed by atoms with Crippen molar-refractivity contribution in [3.63, 3.8) is 0 Å².